The number of fused-ring (bicyclic) bond motifs is 2. The van der Waals surface area contributed by atoms with Crippen molar-refractivity contribution in [3.05, 3.63) is 0 Å². The Hall–Kier alpha value is -0.570. The molecule has 2 saturated carbocycles. The molecule has 3 nitrogen and oxygen atoms in total. The summed E-state index contributed by atoms with van der Waals surface area (Å²) in [4.78, 5) is 10.5. The van der Waals surface area contributed by atoms with Crippen molar-refractivity contribution in [2.75, 3.05) is 0 Å². The van der Waals surface area contributed by atoms with Crippen molar-refractivity contribution in [3.8, 4) is 0 Å². The summed E-state index contributed by atoms with van der Waals surface area (Å²) in [6, 6.07) is 0. The van der Waals surface area contributed by atoms with Crippen LogP contribution in [0.4, 0.5) is 0 Å². The first-order valence-corrected chi connectivity index (χ1v) is 4.61. The Morgan fingerprint density at radius 3 is 2.83 bits per heavy atom. The SMILES string of the molecule is NC12CCC(CC1CC(=O)O)C2. The Kier molecular flexibility index (Phi) is 1.65. The molecule has 2 aliphatic carbocycles. The van der Waals surface area contributed by atoms with Crippen molar-refractivity contribution >= 4 is 5.97 Å². The fourth-order valence-electron chi connectivity index (χ4n) is 2.92. The smallest absolute Gasteiger partial charge is 0.303 e. The van der Waals surface area contributed by atoms with Crippen molar-refractivity contribution < 1.29 is 9.90 Å². The minimum absolute atomic E-state index is 0.122. The van der Waals surface area contributed by atoms with Crippen LogP contribution in [0.3, 0.4) is 0 Å². The van der Waals surface area contributed by atoms with Gasteiger partial charge in [-0.2, -0.15) is 0 Å². The number of carboxylic acids is 1. The monoisotopic (exact) mass is 169 g/mol. The van der Waals surface area contributed by atoms with E-state index in [0.717, 1.165) is 25.2 Å². The molecule has 0 saturated heterocycles. The van der Waals surface area contributed by atoms with E-state index in [1.807, 2.05) is 0 Å². The van der Waals surface area contributed by atoms with Crippen LogP contribution in [-0.4, -0.2) is 16.6 Å². The van der Waals surface area contributed by atoms with Crippen LogP contribution in [-0.2, 0) is 4.79 Å². The van der Waals surface area contributed by atoms with Crippen LogP contribution < -0.4 is 5.73 Å². The zero-order valence-corrected chi connectivity index (χ0v) is 7.12. The Morgan fingerprint density at radius 1 is 1.67 bits per heavy atom. The second kappa shape index (κ2) is 2.46. The lowest BCUT2D eigenvalue weighted by atomic mass is 9.81. The molecule has 0 heterocycles. The predicted octanol–water partition coefficient (Wildman–Crippen LogP) is 0.979. The van der Waals surface area contributed by atoms with Crippen molar-refractivity contribution in [1.29, 1.82) is 0 Å². The Labute approximate surface area is 71.9 Å². The molecule has 3 atom stereocenters. The molecule has 68 valence electrons. The van der Waals surface area contributed by atoms with E-state index in [1.165, 1.54) is 6.42 Å². The topological polar surface area (TPSA) is 63.3 Å². The predicted molar refractivity (Wildman–Crippen MR) is 44.6 cm³/mol. The van der Waals surface area contributed by atoms with Gasteiger partial charge in [0.05, 0.1) is 0 Å². The van der Waals surface area contributed by atoms with Gasteiger partial charge in [-0.05, 0) is 37.5 Å². The van der Waals surface area contributed by atoms with E-state index in [0.29, 0.717) is 0 Å². The molecule has 2 rings (SSSR count). The first-order valence-electron chi connectivity index (χ1n) is 4.61. The van der Waals surface area contributed by atoms with Gasteiger partial charge in [0.15, 0.2) is 0 Å². The average molecular weight is 169 g/mol. The summed E-state index contributed by atoms with van der Waals surface area (Å²) in [7, 11) is 0. The molecule has 2 fully saturated rings. The van der Waals surface area contributed by atoms with Crippen molar-refractivity contribution in [3.63, 3.8) is 0 Å². The number of aliphatic carboxylic acids is 1. The molecular weight excluding hydrogens is 154 g/mol. The molecule has 0 aromatic carbocycles. The number of hydrogen-bond donors (Lipinski definition) is 2. The first-order chi connectivity index (χ1) is 5.60. The van der Waals surface area contributed by atoms with E-state index in [9.17, 15) is 4.79 Å². The summed E-state index contributed by atoms with van der Waals surface area (Å²) in [5.74, 6) is 0.269. The van der Waals surface area contributed by atoms with Gasteiger partial charge in [-0.15, -0.1) is 0 Å². The van der Waals surface area contributed by atoms with Crippen LogP contribution in [0.2, 0.25) is 0 Å². The Morgan fingerprint density at radius 2 is 2.42 bits per heavy atom. The molecule has 0 aliphatic heterocycles. The standard InChI is InChI=1S/C9H15NO2/c10-9-2-1-6(5-9)3-7(9)4-8(11)12/h6-7H,1-5,10H2,(H,11,12). The Balaban J connectivity index is 2.05. The quantitative estimate of drug-likeness (QED) is 0.647. The molecule has 0 radical (unpaired) electrons. The van der Waals surface area contributed by atoms with Crippen LogP contribution in [0.1, 0.15) is 32.1 Å². The van der Waals surface area contributed by atoms with E-state index in [2.05, 4.69) is 0 Å². The van der Waals surface area contributed by atoms with E-state index in [-0.39, 0.29) is 17.9 Å². The second-order valence-corrected chi connectivity index (χ2v) is 4.37. The lowest BCUT2D eigenvalue weighted by Crippen LogP contribution is -2.43. The summed E-state index contributed by atoms with van der Waals surface area (Å²) in [6.07, 6.45) is 4.63. The van der Waals surface area contributed by atoms with Gasteiger partial charge in [-0.25, -0.2) is 0 Å². The summed E-state index contributed by atoms with van der Waals surface area (Å²) < 4.78 is 0. The van der Waals surface area contributed by atoms with Crippen molar-refractivity contribution in [2.24, 2.45) is 17.6 Å². The minimum Gasteiger partial charge on any atom is -0.481 e. The fourth-order valence-corrected chi connectivity index (χ4v) is 2.92. The zero-order valence-electron chi connectivity index (χ0n) is 7.12. The lowest BCUT2D eigenvalue weighted by Gasteiger charge is -2.29. The maximum Gasteiger partial charge on any atom is 0.303 e. The molecule has 3 heteroatoms. The fraction of sp³-hybridized carbons (Fsp3) is 0.889. The summed E-state index contributed by atoms with van der Waals surface area (Å²) >= 11 is 0. The highest BCUT2D eigenvalue weighted by atomic mass is 16.4. The van der Waals surface area contributed by atoms with E-state index >= 15 is 0 Å². The second-order valence-electron chi connectivity index (χ2n) is 4.37. The van der Waals surface area contributed by atoms with Crippen molar-refractivity contribution in [1.82, 2.24) is 0 Å². The number of hydrogen-bond acceptors (Lipinski definition) is 2. The third kappa shape index (κ3) is 1.12. The summed E-state index contributed by atoms with van der Waals surface area (Å²) in [5.41, 5.74) is 6.01. The number of carboxylic acid groups (broad SMARTS) is 1. The first kappa shape index (κ1) is 8.05. The van der Waals surface area contributed by atoms with Gasteiger partial charge >= 0.3 is 5.97 Å². The molecule has 12 heavy (non-hydrogen) atoms. The van der Waals surface area contributed by atoms with Gasteiger partial charge in [0.1, 0.15) is 0 Å². The lowest BCUT2D eigenvalue weighted by molar-refractivity contribution is -0.138. The van der Waals surface area contributed by atoms with Gasteiger partial charge in [0.2, 0.25) is 0 Å². The van der Waals surface area contributed by atoms with E-state index in [4.69, 9.17) is 10.8 Å². The molecule has 0 aromatic rings. The van der Waals surface area contributed by atoms with Crippen LogP contribution in [0, 0.1) is 11.8 Å². The largest absolute Gasteiger partial charge is 0.481 e. The third-order valence-corrected chi connectivity index (χ3v) is 3.54. The van der Waals surface area contributed by atoms with Crippen LogP contribution in [0.15, 0.2) is 0 Å². The highest BCUT2D eigenvalue weighted by Gasteiger charge is 2.49. The number of nitrogens with two attached hydrogens (primary N) is 1. The highest BCUT2D eigenvalue weighted by molar-refractivity contribution is 5.67. The Bertz CT molecular complexity index is 217. The third-order valence-electron chi connectivity index (χ3n) is 3.54. The van der Waals surface area contributed by atoms with Gasteiger partial charge in [0.25, 0.3) is 0 Å². The summed E-state index contributed by atoms with van der Waals surface area (Å²) in [6.45, 7) is 0. The minimum atomic E-state index is -0.697. The number of rotatable bonds is 2. The molecule has 3 unspecified atom stereocenters. The highest BCUT2D eigenvalue weighted by Crippen LogP contribution is 2.50. The van der Waals surface area contributed by atoms with Gasteiger partial charge < -0.3 is 10.8 Å². The van der Waals surface area contributed by atoms with E-state index in [1.54, 1.807) is 0 Å². The molecule has 0 spiro atoms. The maximum absolute atomic E-state index is 10.5. The summed E-state index contributed by atoms with van der Waals surface area (Å²) in [5, 5.41) is 8.66. The zero-order chi connectivity index (χ0) is 8.77. The molecule has 3 N–H and O–H groups in total. The molecular formula is C9H15NO2. The molecule has 0 aromatic heterocycles. The molecule has 2 aliphatic rings. The molecule has 2 bridgehead atoms. The average Bonchev–Trinajstić information content (AvgIpc) is 2.42. The van der Waals surface area contributed by atoms with Gasteiger partial charge in [-0.3, -0.25) is 4.79 Å². The van der Waals surface area contributed by atoms with Gasteiger partial charge in [-0.1, -0.05) is 0 Å². The van der Waals surface area contributed by atoms with Crippen LogP contribution in [0.5, 0.6) is 0 Å². The molecule has 0 amide bonds. The number of carbonyl (C=O) groups is 1. The van der Waals surface area contributed by atoms with E-state index < -0.39 is 5.97 Å². The normalized spacial score (nSPS) is 45.1. The van der Waals surface area contributed by atoms with Crippen LogP contribution in [0.25, 0.3) is 0 Å². The van der Waals surface area contributed by atoms with Crippen molar-refractivity contribution in [2.45, 2.75) is 37.6 Å². The van der Waals surface area contributed by atoms with Gasteiger partial charge in [0, 0.05) is 12.0 Å². The van der Waals surface area contributed by atoms with Crippen LogP contribution >= 0.6 is 0 Å². The maximum atomic E-state index is 10.5.